The van der Waals surface area contributed by atoms with Crippen molar-refractivity contribution in [1.82, 2.24) is 24.8 Å². The first kappa shape index (κ1) is 31.1. The molecule has 2 unspecified atom stereocenters. The Labute approximate surface area is 277 Å². The molecule has 47 heavy (non-hydrogen) atoms. The normalized spacial score (nSPS) is 20.1. The van der Waals surface area contributed by atoms with Gasteiger partial charge in [-0.15, -0.1) is 0 Å². The van der Waals surface area contributed by atoms with Gasteiger partial charge in [-0.2, -0.15) is 15.2 Å². The Morgan fingerprint density at radius 1 is 1.15 bits per heavy atom. The van der Waals surface area contributed by atoms with Crippen molar-refractivity contribution in [3.63, 3.8) is 0 Å². The third-order valence-corrected chi connectivity index (χ3v) is 9.89. The lowest BCUT2D eigenvalue weighted by Gasteiger charge is -2.41. The van der Waals surface area contributed by atoms with E-state index in [1.165, 1.54) is 4.90 Å². The number of amides is 1. The van der Waals surface area contributed by atoms with E-state index in [0.717, 1.165) is 59.7 Å². The number of ether oxygens (including phenoxy) is 1. The first-order valence-electron chi connectivity index (χ1n) is 16.0. The van der Waals surface area contributed by atoms with Crippen LogP contribution >= 0.6 is 11.6 Å². The fourth-order valence-electron chi connectivity index (χ4n) is 7.03. The van der Waals surface area contributed by atoms with Gasteiger partial charge in [0.05, 0.1) is 18.5 Å². The van der Waals surface area contributed by atoms with E-state index in [-0.39, 0.29) is 43.2 Å². The van der Waals surface area contributed by atoms with Gasteiger partial charge in [-0.3, -0.25) is 9.78 Å². The molecule has 4 aromatic rings. The molecule has 1 N–H and O–H groups in total. The van der Waals surface area contributed by atoms with Crippen LogP contribution in [0.1, 0.15) is 43.6 Å². The van der Waals surface area contributed by atoms with Crippen molar-refractivity contribution in [1.29, 1.82) is 5.26 Å². The van der Waals surface area contributed by atoms with Crippen LogP contribution in [0, 0.1) is 11.3 Å². The van der Waals surface area contributed by atoms with Crippen LogP contribution in [0.25, 0.3) is 32.9 Å². The molecule has 4 heterocycles. The molecule has 12 heteroatoms. The molecule has 242 valence electrons. The average Bonchev–Trinajstić information content (AvgIpc) is 3.82. The highest BCUT2D eigenvalue weighted by Gasteiger charge is 2.36. The molecule has 3 fully saturated rings. The molecule has 10 nitrogen and oxygen atoms in total. The Bertz CT molecular complexity index is 1940. The number of halogens is 2. The Balaban J connectivity index is 1.38. The summed E-state index contributed by atoms with van der Waals surface area (Å²) in [5, 5.41) is 22.5. The fourth-order valence-corrected chi connectivity index (χ4v) is 7.31. The number of aromatic nitrogens is 3. The van der Waals surface area contributed by atoms with Gasteiger partial charge in [0.2, 0.25) is 0 Å². The molecule has 2 aromatic carbocycles. The van der Waals surface area contributed by atoms with Gasteiger partial charge in [-0.1, -0.05) is 30.3 Å². The fraction of sp³-hybridized carbons (Fsp3) is 0.400. The first-order chi connectivity index (χ1) is 22.7. The van der Waals surface area contributed by atoms with Crippen molar-refractivity contribution < 1.29 is 19.0 Å². The van der Waals surface area contributed by atoms with E-state index in [9.17, 15) is 19.6 Å². The third-order valence-electron chi connectivity index (χ3n) is 9.58. The van der Waals surface area contributed by atoms with E-state index in [1.54, 1.807) is 18.3 Å². The van der Waals surface area contributed by atoms with Gasteiger partial charge < -0.3 is 24.5 Å². The van der Waals surface area contributed by atoms with Gasteiger partial charge in [0, 0.05) is 47.8 Å². The number of fused-ring (bicyclic) bond motifs is 2. The van der Waals surface area contributed by atoms with Crippen LogP contribution in [0.15, 0.2) is 48.9 Å². The SMILES string of the molecule is C=C(F)C(=O)N1CCN(c2nc(OCC3CCCN3C)nc3c(C4CC4)c(-c4cc(O)cc5cccc(Cl)c45)cnc23)CC1CC#N. The van der Waals surface area contributed by atoms with E-state index >= 15 is 0 Å². The lowest BCUT2D eigenvalue weighted by atomic mass is 9.92. The Hall–Kier alpha value is -4.53. The highest BCUT2D eigenvalue weighted by molar-refractivity contribution is 6.36. The van der Waals surface area contributed by atoms with Crippen molar-refractivity contribution >= 4 is 45.1 Å². The number of hydrogen-bond acceptors (Lipinski definition) is 9. The Morgan fingerprint density at radius 2 is 1.98 bits per heavy atom. The zero-order valence-corrected chi connectivity index (χ0v) is 26.9. The molecule has 1 aliphatic carbocycles. The second-order valence-corrected chi connectivity index (χ2v) is 13.1. The zero-order valence-electron chi connectivity index (χ0n) is 26.1. The van der Waals surface area contributed by atoms with Crippen LogP contribution in [0.3, 0.4) is 0 Å². The van der Waals surface area contributed by atoms with Crippen molar-refractivity contribution in [2.45, 2.75) is 50.1 Å². The first-order valence-corrected chi connectivity index (χ1v) is 16.3. The van der Waals surface area contributed by atoms with E-state index in [4.69, 9.17) is 31.3 Å². The number of anilines is 1. The number of hydrogen-bond donors (Lipinski definition) is 1. The van der Waals surface area contributed by atoms with Crippen LogP contribution in [0.5, 0.6) is 11.8 Å². The number of nitrogens with zero attached hydrogens (tertiary/aromatic N) is 7. The van der Waals surface area contributed by atoms with Crippen molar-refractivity contribution in [3.05, 3.63) is 59.5 Å². The molecule has 2 aliphatic heterocycles. The highest BCUT2D eigenvalue weighted by atomic mass is 35.5. The van der Waals surface area contributed by atoms with E-state index in [2.05, 4.69) is 24.6 Å². The lowest BCUT2D eigenvalue weighted by molar-refractivity contribution is -0.131. The summed E-state index contributed by atoms with van der Waals surface area (Å²) in [5.74, 6) is -0.992. The van der Waals surface area contributed by atoms with Crippen molar-refractivity contribution in [2.75, 3.05) is 44.7 Å². The predicted molar refractivity (Wildman–Crippen MR) is 178 cm³/mol. The monoisotopic (exact) mass is 655 g/mol. The van der Waals surface area contributed by atoms with Crippen molar-refractivity contribution in [2.24, 2.45) is 0 Å². The second-order valence-electron chi connectivity index (χ2n) is 12.7. The summed E-state index contributed by atoms with van der Waals surface area (Å²) in [6.07, 6.45) is 5.88. The molecule has 7 rings (SSSR count). The minimum Gasteiger partial charge on any atom is -0.508 e. The molecule has 2 saturated heterocycles. The van der Waals surface area contributed by atoms with Crippen LogP contribution in [0.2, 0.25) is 5.02 Å². The summed E-state index contributed by atoms with van der Waals surface area (Å²) < 4.78 is 20.2. The number of benzene rings is 2. The summed E-state index contributed by atoms with van der Waals surface area (Å²) in [5.41, 5.74) is 3.82. The maximum Gasteiger partial charge on any atom is 0.319 e. The molecule has 0 bridgehead atoms. The molecule has 1 amide bonds. The van der Waals surface area contributed by atoms with E-state index in [1.807, 2.05) is 23.1 Å². The van der Waals surface area contributed by atoms with Gasteiger partial charge in [0.15, 0.2) is 11.6 Å². The highest BCUT2D eigenvalue weighted by Crippen LogP contribution is 2.50. The number of phenols is 1. The predicted octanol–water partition coefficient (Wildman–Crippen LogP) is 5.97. The lowest BCUT2D eigenvalue weighted by Crippen LogP contribution is -2.55. The molecular weight excluding hydrogens is 621 g/mol. The number of nitriles is 1. The number of carbonyl (C=O) groups is 1. The second kappa shape index (κ2) is 12.6. The summed E-state index contributed by atoms with van der Waals surface area (Å²) in [7, 11) is 2.09. The molecule has 1 saturated carbocycles. The summed E-state index contributed by atoms with van der Waals surface area (Å²) in [6.45, 7) is 5.39. The van der Waals surface area contributed by atoms with Crippen LogP contribution < -0.4 is 9.64 Å². The number of carbonyl (C=O) groups excluding carboxylic acids is 1. The van der Waals surface area contributed by atoms with Gasteiger partial charge in [-0.05, 0) is 79.9 Å². The number of likely N-dealkylation sites (tertiary alicyclic amines) is 1. The molecule has 2 aromatic heterocycles. The van der Waals surface area contributed by atoms with Crippen molar-refractivity contribution in [3.8, 4) is 29.0 Å². The number of pyridine rings is 1. The van der Waals surface area contributed by atoms with Gasteiger partial charge in [-0.25, -0.2) is 4.39 Å². The number of piperazine rings is 1. The Morgan fingerprint density at radius 3 is 2.70 bits per heavy atom. The maximum atomic E-state index is 13.9. The van der Waals surface area contributed by atoms with Crippen LogP contribution in [-0.4, -0.2) is 87.7 Å². The Kier molecular flexibility index (Phi) is 8.32. The molecule has 0 spiro atoms. The van der Waals surface area contributed by atoms with E-state index in [0.29, 0.717) is 35.0 Å². The summed E-state index contributed by atoms with van der Waals surface area (Å²) >= 11 is 6.75. The third kappa shape index (κ3) is 5.92. The largest absolute Gasteiger partial charge is 0.508 e. The number of phenolic OH excluding ortho intramolecular Hbond substituents is 1. The topological polar surface area (TPSA) is 119 Å². The molecule has 2 atom stereocenters. The smallest absolute Gasteiger partial charge is 0.319 e. The summed E-state index contributed by atoms with van der Waals surface area (Å²) in [4.78, 5) is 33.1. The zero-order chi connectivity index (χ0) is 32.8. The van der Waals surface area contributed by atoms with Gasteiger partial charge >= 0.3 is 6.01 Å². The van der Waals surface area contributed by atoms with Crippen LogP contribution in [0.4, 0.5) is 10.2 Å². The van der Waals surface area contributed by atoms with Gasteiger partial charge in [0.1, 0.15) is 23.4 Å². The number of rotatable bonds is 8. The minimum atomic E-state index is -1.05. The van der Waals surface area contributed by atoms with E-state index < -0.39 is 17.8 Å². The average molecular weight is 656 g/mol. The molecule has 3 aliphatic rings. The minimum absolute atomic E-state index is 0.0200. The van der Waals surface area contributed by atoms with Crippen LogP contribution in [-0.2, 0) is 4.79 Å². The summed E-state index contributed by atoms with van der Waals surface area (Å²) in [6, 6.07) is 11.1. The number of aromatic hydroxyl groups is 1. The molecule has 0 radical (unpaired) electrons. The maximum absolute atomic E-state index is 13.9. The molecular formula is C35H35ClFN7O3. The number of likely N-dealkylation sites (N-methyl/N-ethyl adjacent to an activating group) is 1. The van der Waals surface area contributed by atoms with Gasteiger partial charge in [0.25, 0.3) is 5.91 Å². The standard InChI is InChI=1S/C35H35ClFN7O3/c1-20(37)34(46)44-14-13-43(18-23(44)10-11-38)33-32-31(40-35(41-33)47-19-24-6-4-12-42(24)2)30(21-8-9-21)27(17-39-32)26-16-25(45)15-22-5-3-7-28(36)29(22)26/h3,5,7,15-17,21,23-24,45H,1,4,6,8-10,12-14,18-19H2,2H3. The quantitative estimate of drug-likeness (QED) is 0.229.